The number of likely N-dealkylation sites (tertiary alicyclic amines) is 1. The lowest BCUT2D eigenvalue weighted by Gasteiger charge is -2.27. The maximum Gasteiger partial charge on any atom is 0.328 e. The Labute approximate surface area is 214 Å². The highest BCUT2D eigenvalue weighted by atomic mass is 16.4. The zero-order valence-electron chi connectivity index (χ0n) is 21.4. The largest absolute Gasteiger partial charge is 0.480 e. The van der Waals surface area contributed by atoms with E-state index in [0.29, 0.717) is 19.4 Å². The van der Waals surface area contributed by atoms with E-state index in [9.17, 15) is 39.0 Å². The van der Waals surface area contributed by atoms with Crippen LogP contribution >= 0.6 is 0 Å². The van der Waals surface area contributed by atoms with Crippen LogP contribution in [-0.4, -0.2) is 112 Å². The molecule has 15 heteroatoms. The van der Waals surface area contributed by atoms with Crippen LogP contribution in [0.25, 0.3) is 0 Å². The highest BCUT2D eigenvalue weighted by Crippen LogP contribution is 2.17. The Morgan fingerprint density at radius 1 is 0.919 bits per heavy atom. The van der Waals surface area contributed by atoms with Gasteiger partial charge in [-0.15, -0.1) is 0 Å². The average Bonchev–Trinajstić information content (AvgIpc) is 3.32. The van der Waals surface area contributed by atoms with E-state index >= 15 is 0 Å². The quantitative estimate of drug-likeness (QED) is 0.115. The Hall–Kier alpha value is -3.30. The number of nitrogens with one attached hydrogen (secondary N) is 4. The molecule has 0 unspecified atom stereocenters. The second-order valence-corrected chi connectivity index (χ2v) is 9.22. The van der Waals surface area contributed by atoms with Gasteiger partial charge < -0.3 is 47.2 Å². The van der Waals surface area contributed by atoms with Crippen LogP contribution in [0.5, 0.6) is 0 Å². The highest BCUT2D eigenvalue weighted by Gasteiger charge is 2.36. The molecule has 37 heavy (non-hydrogen) atoms. The molecule has 9 N–H and O–H groups in total. The minimum absolute atomic E-state index is 0.272. The summed E-state index contributed by atoms with van der Waals surface area (Å²) in [7, 11) is 0. The molecule has 0 aromatic heterocycles. The lowest BCUT2D eigenvalue weighted by atomic mass is 10.0. The lowest BCUT2D eigenvalue weighted by Crippen LogP contribution is -2.60. The van der Waals surface area contributed by atoms with Crippen LogP contribution in [0.2, 0.25) is 0 Å². The fourth-order valence-corrected chi connectivity index (χ4v) is 3.74. The van der Waals surface area contributed by atoms with Gasteiger partial charge in [-0.3, -0.25) is 24.0 Å². The SMILES string of the molecule is CC(C)[C@H](NC(=O)[C@H](C)NC(=O)[C@H](CO)NC(=O)[C@@H]1CCCN1C(=O)CN)C(=O)N[C@H](C(=O)O)[C@@H](C)O. The second kappa shape index (κ2) is 14.4. The van der Waals surface area contributed by atoms with Crippen molar-refractivity contribution in [1.82, 2.24) is 26.2 Å². The van der Waals surface area contributed by atoms with E-state index in [-0.39, 0.29) is 6.54 Å². The fourth-order valence-electron chi connectivity index (χ4n) is 3.74. The Morgan fingerprint density at radius 2 is 1.51 bits per heavy atom. The molecule has 1 rings (SSSR count). The number of rotatable bonds is 13. The van der Waals surface area contributed by atoms with E-state index in [2.05, 4.69) is 21.3 Å². The van der Waals surface area contributed by atoms with Crippen molar-refractivity contribution >= 4 is 35.5 Å². The fraction of sp³-hybridized carbons (Fsp3) is 0.727. The number of nitrogens with zero attached hydrogens (tertiary/aromatic N) is 1. The van der Waals surface area contributed by atoms with Gasteiger partial charge in [-0.1, -0.05) is 13.8 Å². The predicted molar refractivity (Wildman–Crippen MR) is 128 cm³/mol. The molecule has 0 aromatic rings. The van der Waals surface area contributed by atoms with Gasteiger partial charge in [0.2, 0.25) is 29.5 Å². The van der Waals surface area contributed by atoms with E-state index in [1.54, 1.807) is 13.8 Å². The molecular formula is C22H38N6O9. The number of carbonyl (C=O) groups is 6. The molecule has 210 valence electrons. The Kier molecular flexibility index (Phi) is 12.4. The Morgan fingerprint density at radius 3 is 2.00 bits per heavy atom. The summed E-state index contributed by atoms with van der Waals surface area (Å²) in [5.41, 5.74) is 5.37. The van der Waals surface area contributed by atoms with Crippen molar-refractivity contribution in [3.8, 4) is 0 Å². The third-order valence-corrected chi connectivity index (χ3v) is 5.91. The normalized spacial score (nSPS) is 19.2. The minimum Gasteiger partial charge on any atom is -0.480 e. The number of aliphatic carboxylic acids is 1. The van der Waals surface area contributed by atoms with Crippen molar-refractivity contribution in [3.05, 3.63) is 0 Å². The maximum atomic E-state index is 12.7. The standard InChI is InChI=1S/C22H38N6O9/c1-10(2)16(21(35)27-17(12(4)30)22(36)37)26-18(32)11(3)24-19(33)13(9-29)25-20(34)14-6-5-7-28(14)15(31)8-23/h10-14,16-17,29-30H,5-9,23H2,1-4H3,(H,24,33)(H,25,34)(H,26,32)(H,27,35)(H,36,37)/t11-,12+,13-,14-,16-,17-/m0/s1. The number of aliphatic hydroxyl groups is 2. The molecule has 1 saturated heterocycles. The first-order valence-corrected chi connectivity index (χ1v) is 12.0. The van der Waals surface area contributed by atoms with Gasteiger partial charge in [-0.2, -0.15) is 0 Å². The monoisotopic (exact) mass is 530 g/mol. The summed E-state index contributed by atoms with van der Waals surface area (Å²) >= 11 is 0. The molecule has 6 atom stereocenters. The van der Waals surface area contributed by atoms with Crippen LogP contribution in [0.3, 0.4) is 0 Å². The first-order valence-electron chi connectivity index (χ1n) is 12.0. The number of nitrogens with two attached hydrogens (primary N) is 1. The highest BCUT2D eigenvalue weighted by molar-refractivity contribution is 5.96. The molecule has 1 fully saturated rings. The van der Waals surface area contributed by atoms with Crippen molar-refractivity contribution in [2.75, 3.05) is 19.7 Å². The zero-order valence-corrected chi connectivity index (χ0v) is 21.4. The topological polar surface area (TPSA) is 240 Å². The van der Waals surface area contributed by atoms with Gasteiger partial charge in [0, 0.05) is 6.54 Å². The third-order valence-electron chi connectivity index (χ3n) is 5.91. The summed E-state index contributed by atoms with van der Waals surface area (Å²) in [5.74, 6) is -5.51. The van der Waals surface area contributed by atoms with E-state index in [1.165, 1.54) is 18.7 Å². The predicted octanol–water partition coefficient (Wildman–Crippen LogP) is -3.99. The van der Waals surface area contributed by atoms with E-state index in [0.717, 1.165) is 0 Å². The van der Waals surface area contributed by atoms with Gasteiger partial charge in [0.1, 0.15) is 24.2 Å². The van der Waals surface area contributed by atoms with Gasteiger partial charge >= 0.3 is 5.97 Å². The first kappa shape index (κ1) is 31.7. The van der Waals surface area contributed by atoms with Crippen LogP contribution in [0.1, 0.15) is 40.5 Å². The summed E-state index contributed by atoms with van der Waals surface area (Å²) in [6.07, 6.45) is -0.447. The number of amides is 5. The smallest absolute Gasteiger partial charge is 0.328 e. The molecule has 15 nitrogen and oxygen atoms in total. The number of aliphatic hydroxyl groups excluding tert-OH is 2. The molecule has 0 bridgehead atoms. The van der Waals surface area contributed by atoms with Crippen LogP contribution in [0, 0.1) is 5.92 Å². The molecule has 0 aliphatic carbocycles. The van der Waals surface area contributed by atoms with Crippen LogP contribution in [0.15, 0.2) is 0 Å². The van der Waals surface area contributed by atoms with Crippen LogP contribution < -0.4 is 27.0 Å². The summed E-state index contributed by atoms with van der Waals surface area (Å²) in [4.78, 5) is 75.0. The number of carbonyl (C=O) groups excluding carboxylic acids is 5. The van der Waals surface area contributed by atoms with Gasteiger partial charge in [-0.05, 0) is 32.6 Å². The second-order valence-electron chi connectivity index (χ2n) is 9.22. The summed E-state index contributed by atoms with van der Waals surface area (Å²) in [5, 5.41) is 37.7. The number of hydrogen-bond donors (Lipinski definition) is 8. The average molecular weight is 531 g/mol. The van der Waals surface area contributed by atoms with Crippen molar-refractivity contribution in [3.63, 3.8) is 0 Å². The number of carboxylic acids is 1. The first-order chi connectivity index (χ1) is 17.2. The molecule has 0 spiro atoms. The summed E-state index contributed by atoms with van der Waals surface area (Å²) < 4.78 is 0. The van der Waals surface area contributed by atoms with Gasteiger partial charge in [0.05, 0.1) is 19.3 Å². The molecule has 5 amide bonds. The molecule has 1 heterocycles. The Bertz CT molecular complexity index is 866. The van der Waals surface area contributed by atoms with Crippen molar-refractivity contribution in [2.24, 2.45) is 11.7 Å². The Balaban J connectivity index is 2.79. The molecule has 0 saturated carbocycles. The van der Waals surface area contributed by atoms with Gasteiger partial charge in [0.25, 0.3) is 0 Å². The lowest BCUT2D eigenvalue weighted by molar-refractivity contribution is -0.145. The molecular weight excluding hydrogens is 492 g/mol. The van der Waals surface area contributed by atoms with Gasteiger partial charge in [0.15, 0.2) is 6.04 Å². The van der Waals surface area contributed by atoms with Crippen LogP contribution in [0.4, 0.5) is 0 Å². The van der Waals surface area contributed by atoms with Crippen molar-refractivity contribution < 1.29 is 44.1 Å². The summed E-state index contributed by atoms with van der Waals surface area (Å²) in [6, 6.07) is -6.23. The third kappa shape index (κ3) is 8.94. The maximum absolute atomic E-state index is 12.7. The van der Waals surface area contributed by atoms with Crippen molar-refractivity contribution in [2.45, 2.75) is 76.8 Å². The van der Waals surface area contributed by atoms with Gasteiger partial charge in [-0.25, -0.2) is 4.79 Å². The summed E-state index contributed by atoms with van der Waals surface area (Å²) in [6.45, 7) is 5.00. The molecule has 0 radical (unpaired) electrons. The number of carboxylic acid groups (broad SMARTS) is 1. The van der Waals surface area contributed by atoms with Crippen LogP contribution in [-0.2, 0) is 28.8 Å². The van der Waals surface area contributed by atoms with E-state index in [1.807, 2.05) is 0 Å². The molecule has 1 aliphatic heterocycles. The zero-order chi connectivity index (χ0) is 28.4. The minimum atomic E-state index is -1.59. The number of hydrogen-bond acceptors (Lipinski definition) is 9. The van der Waals surface area contributed by atoms with E-state index in [4.69, 9.17) is 10.8 Å². The molecule has 0 aromatic carbocycles. The molecule has 1 aliphatic rings. The van der Waals surface area contributed by atoms with Crippen molar-refractivity contribution in [1.29, 1.82) is 0 Å². The van der Waals surface area contributed by atoms with E-state index < -0.39 is 84.3 Å².